The summed E-state index contributed by atoms with van der Waals surface area (Å²) in [6.07, 6.45) is 6.03. The van der Waals surface area contributed by atoms with Gasteiger partial charge in [-0.05, 0) is 0 Å². The molecule has 4 rings (SSSR count). The molecular weight excluding hydrogens is 319 g/mol. The molecule has 1 heteroatoms. The van der Waals surface area contributed by atoms with Crippen LogP contribution in [0.4, 0.5) is 0 Å². The van der Waals surface area contributed by atoms with Crippen molar-refractivity contribution in [1.82, 2.24) is 0 Å². The zero-order chi connectivity index (χ0) is 13.5. The summed E-state index contributed by atoms with van der Waals surface area (Å²) in [5, 5.41) is 0. The van der Waals surface area contributed by atoms with Crippen LogP contribution in [0.2, 0.25) is 0 Å². The molecule has 0 bridgehead atoms. The Morgan fingerprint density at radius 3 is 2.05 bits per heavy atom. The van der Waals surface area contributed by atoms with Gasteiger partial charge in [0.1, 0.15) is 0 Å². The minimum absolute atomic E-state index is 0.596. The van der Waals surface area contributed by atoms with E-state index in [0.717, 1.165) is 0 Å². The van der Waals surface area contributed by atoms with Gasteiger partial charge in [-0.2, -0.15) is 0 Å². The summed E-state index contributed by atoms with van der Waals surface area (Å²) in [4.78, 5) is 0. The van der Waals surface area contributed by atoms with E-state index >= 15 is 0 Å². The van der Waals surface area contributed by atoms with Gasteiger partial charge in [-0.1, -0.05) is 0 Å². The van der Waals surface area contributed by atoms with E-state index in [2.05, 4.69) is 67.6 Å². The quantitative estimate of drug-likeness (QED) is 0.718. The average molecular weight is 336 g/mol. The van der Waals surface area contributed by atoms with Gasteiger partial charge in [0.2, 0.25) is 0 Å². The molecule has 0 heterocycles. The zero-order valence-corrected chi connectivity index (χ0v) is 14.0. The van der Waals surface area contributed by atoms with Crippen molar-refractivity contribution in [3.8, 4) is 11.1 Å². The second-order valence-corrected chi connectivity index (χ2v) is 9.28. The third kappa shape index (κ3) is 2.00. The number of fused-ring (bicyclic) bond motifs is 3. The predicted octanol–water partition coefficient (Wildman–Crippen LogP) is 5.07. The van der Waals surface area contributed by atoms with E-state index in [1.807, 2.05) is 0 Å². The van der Waals surface area contributed by atoms with Crippen molar-refractivity contribution in [3.05, 3.63) is 80.7 Å². The van der Waals surface area contributed by atoms with Gasteiger partial charge in [-0.25, -0.2) is 0 Å². The molecule has 0 nitrogen and oxygen atoms in total. The fourth-order valence-electron chi connectivity index (χ4n) is 3.26. The number of benzene rings is 2. The normalized spacial score (nSPS) is 16.4. The molecule has 0 atom stereocenters. The second kappa shape index (κ2) is 4.97. The van der Waals surface area contributed by atoms with Crippen molar-refractivity contribution in [2.24, 2.45) is 0 Å². The summed E-state index contributed by atoms with van der Waals surface area (Å²) in [6, 6.07) is 18.0. The van der Waals surface area contributed by atoms with Crippen molar-refractivity contribution in [2.45, 2.75) is 17.0 Å². The molecule has 0 amide bonds. The molecule has 0 fully saturated rings. The van der Waals surface area contributed by atoms with Crippen LogP contribution >= 0.6 is 0 Å². The van der Waals surface area contributed by atoms with Gasteiger partial charge in [0.05, 0.1) is 0 Å². The van der Waals surface area contributed by atoms with Crippen molar-refractivity contribution in [2.75, 3.05) is 0 Å². The van der Waals surface area contributed by atoms with Crippen LogP contribution in [-0.2, 0) is 23.2 Å². The fraction of sp³-hybridized carbons (Fsp3) is 0.158. The van der Waals surface area contributed by atoms with Crippen molar-refractivity contribution >= 4 is 0 Å². The number of allylic oxidation sites excluding steroid dienone is 4. The maximum atomic E-state index is 2.44. The van der Waals surface area contributed by atoms with Gasteiger partial charge in [0.25, 0.3) is 0 Å². The first-order chi connectivity index (χ1) is 9.83. The number of rotatable bonds is 2. The number of hydrogen-bond donors (Lipinski definition) is 0. The third-order valence-corrected chi connectivity index (χ3v) is 8.22. The molecule has 2 aromatic rings. The van der Waals surface area contributed by atoms with E-state index in [-0.39, 0.29) is 0 Å². The molecule has 0 spiro atoms. The van der Waals surface area contributed by atoms with Crippen LogP contribution in [0.3, 0.4) is 0 Å². The van der Waals surface area contributed by atoms with E-state index in [1.165, 1.54) is 23.1 Å². The molecule has 20 heavy (non-hydrogen) atoms. The summed E-state index contributed by atoms with van der Waals surface area (Å²) in [5.41, 5.74) is 7.55. The van der Waals surface area contributed by atoms with Crippen LogP contribution in [0.25, 0.3) is 11.1 Å². The first-order valence-electron chi connectivity index (χ1n) is 7.15. The summed E-state index contributed by atoms with van der Waals surface area (Å²) in [5.74, 6) is 0. The number of hydrogen-bond acceptors (Lipinski definition) is 0. The van der Waals surface area contributed by atoms with Gasteiger partial charge in [-0.3, -0.25) is 0 Å². The Labute approximate surface area is 131 Å². The molecule has 2 aromatic carbocycles. The Bertz CT molecular complexity index is 691. The summed E-state index contributed by atoms with van der Waals surface area (Å²) >= 11 is -0.596. The van der Waals surface area contributed by atoms with Crippen LogP contribution in [0.15, 0.2) is 69.5 Å². The predicted molar refractivity (Wildman–Crippen MR) is 80.2 cm³/mol. The van der Waals surface area contributed by atoms with Crippen molar-refractivity contribution in [1.29, 1.82) is 0 Å². The van der Waals surface area contributed by atoms with Gasteiger partial charge in [0, 0.05) is 0 Å². The van der Waals surface area contributed by atoms with E-state index in [0.29, 0.717) is 3.63 Å². The maximum absolute atomic E-state index is 2.44. The average Bonchev–Trinajstić information content (AvgIpc) is 3.03. The monoisotopic (exact) mass is 334 g/mol. The van der Waals surface area contributed by atoms with E-state index in [9.17, 15) is 0 Å². The fourth-order valence-corrected chi connectivity index (χ4v) is 7.48. The first kappa shape index (κ1) is 12.5. The Hall–Kier alpha value is -1.20. The van der Waals surface area contributed by atoms with Crippen LogP contribution in [-0.4, -0.2) is 0 Å². The molecule has 96 valence electrons. The standard InChI is InChI=1S/C13H9.C6H7.Zr/c1-3-7-12-10(5-1)9-11-6-2-4-8-13(11)12;1-6-4-2-3-5-6;/h1-9H;4-5H,2H2,1H3;. The van der Waals surface area contributed by atoms with Gasteiger partial charge in [-0.15, -0.1) is 0 Å². The molecule has 0 aromatic heterocycles. The van der Waals surface area contributed by atoms with Crippen LogP contribution in [0.5, 0.6) is 0 Å². The molecule has 0 unspecified atom stereocenters. The molecule has 0 saturated heterocycles. The molecule has 2 aliphatic rings. The van der Waals surface area contributed by atoms with Crippen LogP contribution in [0.1, 0.15) is 28.1 Å². The minimum atomic E-state index is -0.596. The van der Waals surface area contributed by atoms with Crippen LogP contribution < -0.4 is 0 Å². The Morgan fingerprint density at radius 2 is 1.50 bits per heavy atom. The Kier molecular flexibility index (Phi) is 3.12. The van der Waals surface area contributed by atoms with Crippen LogP contribution in [0, 0.1) is 0 Å². The van der Waals surface area contributed by atoms with Crippen molar-refractivity contribution < 1.29 is 23.2 Å². The molecule has 0 radical (unpaired) electrons. The molecular formula is C19H16Zr. The van der Waals surface area contributed by atoms with Crippen molar-refractivity contribution in [3.63, 3.8) is 0 Å². The van der Waals surface area contributed by atoms with Gasteiger partial charge < -0.3 is 0 Å². The summed E-state index contributed by atoms with van der Waals surface area (Å²) in [7, 11) is 0. The summed E-state index contributed by atoms with van der Waals surface area (Å²) in [6.45, 7) is 2.23. The van der Waals surface area contributed by atoms with Gasteiger partial charge in [0.15, 0.2) is 0 Å². The van der Waals surface area contributed by atoms with E-state index in [4.69, 9.17) is 0 Å². The molecule has 0 aliphatic heterocycles. The molecule has 0 N–H and O–H groups in total. The second-order valence-electron chi connectivity index (χ2n) is 5.57. The summed E-state index contributed by atoms with van der Waals surface area (Å²) < 4.78 is 2.44. The Morgan fingerprint density at radius 1 is 0.900 bits per heavy atom. The Balaban J connectivity index is 1.78. The topological polar surface area (TPSA) is 0 Å². The van der Waals surface area contributed by atoms with E-state index in [1.54, 1.807) is 14.4 Å². The first-order valence-corrected chi connectivity index (χ1v) is 9.80. The SMILES string of the molecule is CC1=CC[C]([Zr][CH]2c3ccccc3-c3ccccc32)=C1. The molecule has 2 aliphatic carbocycles. The van der Waals surface area contributed by atoms with E-state index < -0.39 is 23.2 Å². The molecule has 0 saturated carbocycles. The third-order valence-electron chi connectivity index (χ3n) is 4.21. The van der Waals surface area contributed by atoms with Gasteiger partial charge >= 0.3 is 132 Å². The zero-order valence-electron chi connectivity index (χ0n) is 11.6.